The standard InChI is InChI=1S/C15H19ClO3/c1-8-4-5-10(9(2)15(18)19-3)6-12-11(8)7-13(17)14(12)16/h8,10-11H,2,4-7H2,1,3H3/t8-,10+,11+/m0/s1. The second-order valence-corrected chi connectivity index (χ2v) is 5.92. The molecule has 0 unspecified atom stereocenters. The maximum absolute atomic E-state index is 11.8. The summed E-state index contributed by atoms with van der Waals surface area (Å²) in [7, 11) is 1.36. The molecule has 2 rings (SSSR count). The van der Waals surface area contributed by atoms with Gasteiger partial charge in [-0.15, -0.1) is 0 Å². The highest BCUT2D eigenvalue weighted by atomic mass is 35.5. The van der Waals surface area contributed by atoms with Gasteiger partial charge >= 0.3 is 5.97 Å². The second-order valence-electron chi connectivity index (χ2n) is 5.55. The zero-order chi connectivity index (χ0) is 14.2. The monoisotopic (exact) mass is 282 g/mol. The molecule has 0 radical (unpaired) electrons. The van der Waals surface area contributed by atoms with Crippen LogP contribution in [-0.2, 0) is 14.3 Å². The highest BCUT2D eigenvalue weighted by molar-refractivity contribution is 6.43. The Hall–Kier alpha value is -1.09. The smallest absolute Gasteiger partial charge is 0.333 e. The fourth-order valence-corrected chi connectivity index (χ4v) is 3.46. The van der Waals surface area contributed by atoms with E-state index in [2.05, 4.69) is 13.5 Å². The van der Waals surface area contributed by atoms with E-state index in [9.17, 15) is 9.59 Å². The maximum Gasteiger partial charge on any atom is 0.333 e. The Bertz CT molecular complexity index is 464. The summed E-state index contributed by atoms with van der Waals surface area (Å²) >= 11 is 6.14. The summed E-state index contributed by atoms with van der Waals surface area (Å²) in [5.74, 6) is 0.380. The molecule has 3 nitrogen and oxygen atoms in total. The Kier molecular flexibility index (Phi) is 4.14. The fourth-order valence-electron chi connectivity index (χ4n) is 3.17. The number of methoxy groups -OCH3 is 1. The van der Waals surface area contributed by atoms with Crippen LogP contribution in [0.3, 0.4) is 0 Å². The lowest BCUT2D eigenvalue weighted by atomic mass is 9.87. The van der Waals surface area contributed by atoms with E-state index >= 15 is 0 Å². The van der Waals surface area contributed by atoms with Gasteiger partial charge in [0, 0.05) is 12.0 Å². The number of rotatable bonds is 2. The van der Waals surface area contributed by atoms with Crippen LogP contribution in [0.4, 0.5) is 0 Å². The fraction of sp³-hybridized carbons (Fsp3) is 0.600. The van der Waals surface area contributed by atoms with E-state index in [1.54, 1.807) is 0 Å². The lowest BCUT2D eigenvalue weighted by Gasteiger charge is -2.18. The largest absolute Gasteiger partial charge is 0.466 e. The summed E-state index contributed by atoms with van der Waals surface area (Å²) in [6, 6.07) is 0. The molecule has 0 aromatic rings. The molecule has 4 heteroatoms. The number of carbonyl (C=O) groups is 2. The van der Waals surface area contributed by atoms with E-state index in [1.807, 2.05) is 0 Å². The zero-order valence-corrected chi connectivity index (χ0v) is 12.1. The molecule has 0 bridgehead atoms. The van der Waals surface area contributed by atoms with Crippen molar-refractivity contribution in [2.45, 2.75) is 32.6 Å². The molecule has 0 spiro atoms. The summed E-state index contributed by atoms with van der Waals surface area (Å²) in [4.78, 5) is 23.4. The van der Waals surface area contributed by atoms with Gasteiger partial charge in [0.1, 0.15) is 0 Å². The van der Waals surface area contributed by atoms with Crippen molar-refractivity contribution in [3.05, 3.63) is 22.8 Å². The SMILES string of the molecule is C=C(C(=O)OC)[C@@H]1CC[C@H](C)[C@H]2CC(=O)C(Cl)=C2C1. The zero-order valence-electron chi connectivity index (χ0n) is 11.4. The summed E-state index contributed by atoms with van der Waals surface area (Å²) in [6.45, 7) is 6.00. The van der Waals surface area contributed by atoms with Gasteiger partial charge in [0.05, 0.1) is 12.1 Å². The molecule has 0 amide bonds. The van der Waals surface area contributed by atoms with Crippen molar-refractivity contribution in [3.8, 4) is 0 Å². The number of halogens is 1. The van der Waals surface area contributed by atoms with Gasteiger partial charge in [0.25, 0.3) is 0 Å². The van der Waals surface area contributed by atoms with Crippen LogP contribution in [0, 0.1) is 17.8 Å². The predicted molar refractivity (Wildman–Crippen MR) is 73.7 cm³/mol. The molecule has 104 valence electrons. The number of fused-ring (bicyclic) bond motifs is 1. The molecule has 1 saturated carbocycles. The van der Waals surface area contributed by atoms with Gasteiger partial charge in [-0.25, -0.2) is 4.79 Å². The first-order chi connectivity index (χ1) is 8.95. The minimum atomic E-state index is -0.364. The first-order valence-corrected chi connectivity index (χ1v) is 7.02. The van der Waals surface area contributed by atoms with Gasteiger partial charge < -0.3 is 4.74 Å². The molecule has 0 aromatic carbocycles. The summed E-state index contributed by atoms with van der Waals surface area (Å²) in [5, 5.41) is 0.390. The number of allylic oxidation sites excluding steroid dienone is 2. The normalized spacial score (nSPS) is 30.9. The van der Waals surface area contributed by atoms with E-state index in [4.69, 9.17) is 16.3 Å². The molecule has 0 N–H and O–H groups in total. The quantitative estimate of drug-likeness (QED) is 0.577. The summed E-state index contributed by atoms with van der Waals surface area (Å²) < 4.78 is 4.74. The Balaban J connectivity index is 2.25. The third-order valence-corrected chi connectivity index (χ3v) is 4.90. The average molecular weight is 283 g/mol. The number of carbonyl (C=O) groups excluding carboxylic acids is 2. The van der Waals surface area contributed by atoms with Crippen molar-refractivity contribution in [1.29, 1.82) is 0 Å². The van der Waals surface area contributed by atoms with Crippen molar-refractivity contribution < 1.29 is 14.3 Å². The van der Waals surface area contributed by atoms with E-state index in [1.165, 1.54) is 7.11 Å². The molecule has 0 aromatic heterocycles. The van der Waals surface area contributed by atoms with Crippen molar-refractivity contribution in [2.24, 2.45) is 17.8 Å². The molecule has 2 aliphatic carbocycles. The van der Waals surface area contributed by atoms with E-state index in [-0.39, 0.29) is 23.6 Å². The molecular formula is C15H19ClO3. The van der Waals surface area contributed by atoms with Crippen LogP contribution in [0.2, 0.25) is 0 Å². The molecule has 0 aliphatic heterocycles. The van der Waals surface area contributed by atoms with Crippen LogP contribution >= 0.6 is 11.6 Å². The number of ketones is 1. The predicted octanol–water partition coefficient (Wildman–Crippen LogP) is 3.23. The Morgan fingerprint density at radius 3 is 2.68 bits per heavy atom. The van der Waals surface area contributed by atoms with Crippen LogP contribution < -0.4 is 0 Å². The highest BCUT2D eigenvalue weighted by Gasteiger charge is 2.39. The van der Waals surface area contributed by atoms with E-state index in [0.29, 0.717) is 29.4 Å². The molecule has 19 heavy (non-hydrogen) atoms. The molecule has 2 aliphatic rings. The number of Topliss-reactive ketones (excluding diaryl/α,β-unsaturated/α-hetero) is 1. The minimum absolute atomic E-state index is 0.0366. The minimum Gasteiger partial charge on any atom is -0.466 e. The van der Waals surface area contributed by atoms with E-state index < -0.39 is 0 Å². The van der Waals surface area contributed by atoms with Crippen LogP contribution in [-0.4, -0.2) is 18.9 Å². The highest BCUT2D eigenvalue weighted by Crippen LogP contribution is 2.46. The lowest BCUT2D eigenvalue weighted by Crippen LogP contribution is -2.14. The lowest BCUT2D eigenvalue weighted by molar-refractivity contribution is -0.136. The van der Waals surface area contributed by atoms with Gasteiger partial charge in [-0.05, 0) is 42.6 Å². The Morgan fingerprint density at radius 1 is 1.37 bits per heavy atom. The summed E-state index contributed by atoms with van der Waals surface area (Å²) in [6.07, 6.45) is 3.06. The van der Waals surface area contributed by atoms with Gasteiger partial charge in [0.2, 0.25) is 0 Å². The Morgan fingerprint density at radius 2 is 2.05 bits per heavy atom. The summed E-state index contributed by atoms with van der Waals surface area (Å²) in [5.41, 5.74) is 1.51. The van der Waals surface area contributed by atoms with Gasteiger partial charge in [0.15, 0.2) is 5.78 Å². The van der Waals surface area contributed by atoms with Crippen molar-refractivity contribution in [2.75, 3.05) is 7.11 Å². The van der Waals surface area contributed by atoms with Gasteiger partial charge in [-0.3, -0.25) is 4.79 Å². The van der Waals surface area contributed by atoms with Gasteiger partial charge in [-0.1, -0.05) is 25.1 Å². The topological polar surface area (TPSA) is 43.4 Å². The molecular weight excluding hydrogens is 264 g/mol. The first kappa shape index (κ1) is 14.3. The van der Waals surface area contributed by atoms with Crippen LogP contribution in [0.5, 0.6) is 0 Å². The number of hydrogen-bond donors (Lipinski definition) is 0. The van der Waals surface area contributed by atoms with E-state index in [0.717, 1.165) is 18.4 Å². The molecule has 0 saturated heterocycles. The Labute approximate surface area is 118 Å². The van der Waals surface area contributed by atoms with Crippen LogP contribution in [0.1, 0.15) is 32.6 Å². The average Bonchev–Trinajstić information content (AvgIpc) is 2.59. The molecule has 3 atom stereocenters. The number of esters is 1. The van der Waals surface area contributed by atoms with Gasteiger partial charge in [-0.2, -0.15) is 0 Å². The number of ether oxygens (including phenoxy) is 1. The van der Waals surface area contributed by atoms with Crippen LogP contribution in [0.15, 0.2) is 22.8 Å². The van der Waals surface area contributed by atoms with Crippen LogP contribution in [0.25, 0.3) is 0 Å². The van der Waals surface area contributed by atoms with Crippen molar-refractivity contribution in [3.63, 3.8) is 0 Å². The van der Waals surface area contributed by atoms with Crippen molar-refractivity contribution in [1.82, 2.24) is 0 Å². The third-order valence-electron chi connectivity index (χ3n) is 4.44. The van der Waals surface area contributed by atoms with Crippen molar-refractivity contribution >= 4 is 23.4 Å². The maximum atomic E-state index is 11.8. The first-order valence-electron chi connectivity index (χ1n) is 6.64. The molecule has 0 heterocycles. The molecule has 1 fully saturated rings. The third kappa shape index (κ3) is 2.62. The second kappa shape index (κ2) is 5.49. The number of hydrogen-bond acceptors (Lipinski definition) is 3.